The molecular weight excluding hydrogens is 314 g/mol. The van der Waals surface area contributed by atoms with Crippen LogP contribution in [-0.4, -0.2) is 15.0 Å². The maximum Gasteiger partial charge on any atom is 0.177 e. The number of nitrogens with zero attached hydrogens (tertiary/aromatic N) is 2. The van der Waals surface area contributed by atoms with Crippen LogP contribution in [0.2, 0.25) is 0 Å². The lowest BCUT2D eigenvalue weighted by atomic mass is 10.0. The fourth-order valence-corrected chi connectivity index (χ4v) is 3.71. The van der Waals surface area contributed by atoms with Crippen molar-refractivity contribution in [3.63, 3.8) is 0 Å². The summed E-state index contributed by atoms with van der Waals surface area (Å²) in [5, 5.41) is 0.247. The van der Waals surface area contributed by atoms with Crippen LogP contribution in [0.1, 0.15) is 50.3 Å². The van der Waals surface area contributed by atoms with Gasteiger partial charge in [-0.05, 0) is 36.3 Å². The molecule has 1 N–H and O–H groups in total. The molecule has 0 bridgehead atoms. The van der Waals surface area contributed by atoms with E-state index in [0.717, 1.165) is 35.4 Å². The van der Waals surface area contributed by atoms with E-state index >= 15 is 0 Å². The van der Waals surface area contributed by atoms with E-state index in [-0.39, 0.29) is 5.25 Å². The molecular formula is C20H23N3S. The Labute approximate surface area is 147 Å². The van der Waals surface area contributed by atoms with Gasteiger partial charge < -0.3 is 4.98 Å². The topological polar surface area (TPSA) is 41.6 Å². The highest BCUT2D eigenvalue weighted by Gasteiger charge is 2.17. The Balaban J connectivity index is 0.000000815. The van der Waals surface area contributed by atoms with Crippen molar-refractivity contribution in [2.45, 2.75) is 38.9 Å². The number of fused-ring (bicyclic) bond motifs is 1. The molecule has 0 aromatic carbocycles. The zero-order valence-corrected chi connectivity index (χ0v) is 15.2. The van der Waals surface area contributed by atoms with E-state index in [0.29, 0.717) is 0 Å². The molecule has 1 aliphatic carbocycles. The summed E-state index contributed by atoms with van der Waals surface area (Å²) in [7, 11) is 0. The molecule has 0 amide bonds. The number of hydrogen-bond acceptors (Lipinski definition) is 3. The molecule has 0 spiro atoms. The van der Waals surface area contributed by atoms with Gasteiger partial charge in [0.2, 0.25) is 0 Å². The summed E-state index contributed by atoms with van der Waals surface area (Å²) in [5.74, 6) is 0.974. The first-order valence-corrected chi connectivity index (χ1v) is 9.42. The molecule has 124 valence electrons. The Kier molecular flexibility index (Phi) is 5.36. The Morgan fingerprint density at radius 1 is 1.25 bits per heavy atom. The summed E-state index contributed by atoms with van der Waals surface area (Å²) in [5.41, 5.74) is 4.21. The van der Waals surface area contributed by atoms with Crippen molar-refractivity contribution in [1.82, 2.24) is 15.0 Å². The molecule has 1 unspecified atom stereocenters. The second-order valence-electron chi connectivity index (χ2n) is 5.56. The quantitative estimate of drug-likeness (QED) is 0.734. The number of nitrogens with one attached hydrogen (secondary N) is 1. The Morgan fingerprint density at radius 2 is 2.12 bits per heavy atom. The second kappa shape index (κ2) is 7.67. The van der Waals surface area contributed by atoms with Gasteiger partial charge in [0.1, 0.15) is 5.82 Å². The molecule has 1 atom stereocenters. The Hall–Kier alpha value is -2.07. The number of hydrogen-bond donors (Lipinski definition) is 1. The first kappa shape index (κ1) is 16.8. The normalized spacial score (nSPS) is 19.5. The first-order valence-electron chi connectivity index (χ1n) is 8.54. The van der Waals surface area contributed by atoms with Crippen molar-refractivity contribution in [3.8, 4) is 0 Å². The van der Waals surface area contributed by atoms with E-state index in [1.165, 1.54) is 10.5 Å². The number of allylic oxidation sites excluding steroid dienone is 7. The summed E-state index contributed by atoms with van der Waals surface area (Å²) in [6.45, 7) is 6.13. The zero-order valence-electron chi connectivity index (χ0n) is 14.4. The predicted octanol–water partition coefficient (Wildman–Crippen LogP) is 5.97. The fourth-order valence-electron chi connectivity index (χ4n) is 2.76. The average molecular weight is 337 g/mol. The largest absolute Gasteiger partial charge is 0.339 e. The van der Waals surface area contributed by atoms with Crippen molar-refractivity contribution in [2.75, 3.05) is 0 Å². The zero-order chi connectivity index (χ0) is 16.9. The number of thioether (sulfide) groups is 1. The third-order valence-electron chi connectivity index (χ3n) is 3.88. The predicted molar refractivity (Wildman–Crippen MR) is 105 cm³/mol. The Bertz CT molecular complexity index is 840. The van der Waals surface area contributed by atoms with Crippen LogP contribution >= 0.6 is 11.8 Å². The molecule has 2 aromatic rings. The third kappa shape index (κ3) is 3.54. The molecule has 0 radical (unpaired) electrons. The highest BCUT2D eigenvalue weighted by molar-refractivity contribution is 8.03. The minimum absolute atomic E-state index is 0.247. The van der Waals surface area contributed by atoms with Crippen LogP contribution in [0.25, 0.3) is 16.7 Å². The average Bonchev–Trinajstić information content (AvgIpc) is 3.07. The van der Waals surface area contributed by atoms with E-state index in [1.54, 1.807) is 0 Å². The molecule has 4 rings (SSSR count). The SMILES string of the molecule is CC.CC1=CC=CC(c2nc3ncc(C4=CCCC=C4)cc3[nH]2)S1. The molecule has 4 heteroatoms. The number of H-pyrrole nitrogens is 1. The van der Waals surface area contributed by atoms with Crippen LogP contribution in [0.5, 0.6) is 0 Å². The molecule has 0 saturated heterocycles. The van der Waals surface area contributed by atoms with Crippen LogP contribution < -0.4 is 0 Å². The van der Waals surface area contributed by atoms with Gasteiger partial charge in [-0.15, -0.1) is 11.8 Å². The standard InChI is InChI=1S/C18H17N3S.C2H6/c1-12-6-5-9-16(22-12)18-20-15-10-14(11-19-17(15)21-18)13-7-3-2-4-8-13;1-2/h3,5-11,16H,2,4H2,1H3,(H,19,20,21);1-2H3. The lowest BCUT2D eigenvalue weighted by Gasteiger charge is -2.12. The smallest absolute Gasteiger partial charge is 0.177 e. The van der Waals surface area contributed by atoms with Gasteiger partial charge in [0, 0.05) is 11.8 Å². The van der Waals surface area contributed by atoms with Gasteiger partial charge in [0.25, 0.3) is 0 Å². The van der Waals surface area contributed by atoms with Gasteiger partial charge in [0.15, 0.2) is 5.65 Å². The highest BCUT2D eigenvalue weighted by Crippen LogP contribution is 2.37. The number of imidazole rings is 1. The second-order valence-corrected chi connectivity index (χ2v) is 6.94. The van der Waals surface area contributed by atoms with E-state index in [1.807, 2.05) is 31.8 Å². The van der Waals surface area contributed by atoms with Crippen molar-refractivity contribution in [3.05, 3.63) is 65.0 Å². The Morgan fingerprint density at radius 3 is 2.88 bits per heavy atom. The number of pyridine rings is 1. The van der Waals surface area contributed by atoms with Crippen molar-refractivity contribution in [1.29, 1.82) is 0 Å². The molecule has 3 heterocycles. The van der Waals surface area contributed by atoms with Gasteiger partial charge in [-0.3, -0.25) is 0 Å². The number of rotatable bonds is 2. The molecule has 2 aliphatic rings. The molecule has 0 fully saturated rings. The van der Waals surface area contributed by atoms with E-state index in [9.17, 15) is 0 Å². The van der Waals surface area contributed by atoms with Crippen LogP contribution in [0.3, 0.4) is 0 Å². The lowest BCUT2D eigenvalue weighted by molar-refractivity contribution is 1.04. The molecule has 2 aromatic heterocycles. The number of aromatic amines is 1. The molecule has 24 heavy (non-hydrogen) atoms. The summed E-state index contributed by atoms with van der Waals surface area (Å²) in [6, 6.07) is 2.15. The monoisotopic (exact) mass is 337 g/mol. The van der Waals surface area contributed by atoms with Crippen LogP contribution in [0.4, 0.5) is 0 Å². The van der Waals surface area contributed by atoms with Gasteiger partial charge in [-0.2, -0.15) is 0 Å². The van der Waals surface area contributed by atoms with Crippen LogP contribution in [-0.2, 0) is 0 Å². The van der Waals surface area contributed by atoms with Gasteiger partial charge in [-0.25, -0.2) is 9.97 Å². The van der Waals surface area contributed by atoms with Gasteiger partial charge in [0.05, 0.1) is 10.8 Å². The third-order valence-corrected chi connectivity index (χ3v) is 5.03. The van der Waals surface area contributed by atoms with Crippen molar-refractivity contribution in [2.24, 2.45) is 0 Å². The highest BCUT2D eigenvalue weighted by atomic mass is 32.2. The van der Waals surface area contributed by atoms with Crippen LogP contribution in [0, 0.1) is 0 Å². The van der Waals surface area contributed by atoms with E-state index in [2.05, 4.69) is 64.4 Å². The van der Waals surface area contributed by atoms with Gasteiger partial charge >= 0.3 is 0 Å². The van der Waals surface area contributed by atoms with Crippen LogP contribution in [0.15, 0.2) is 53.6 Å². The summed E-state index contributed by atoms with van der Waals surface area (Å²) >= 11 is 1.82. The molecule has 0 saturated carbocycles. The van der Waals surface area contributed by atoms with E-state index in [4.69, 9.17) is 0 Å². The van der Waals surface area contributed by atoms with Crippen molar-refractivity contribution >= 4 is 28.5 Å². The maximum absolute atomic E-state index is 4.65. The summed E-state index contributed by atoms with van der Waals surface area (Å²) < 4.78 is 0. The lowest BCUT2D eigenvalue weighted by Crippen LogP contribution is -1.95. The fraction of sp³-hybridized carbons (Fsp3) is 0.300. The summed E-state index contributed by atoms with van der Waals surface area (Å²) in [4.78, 5) is 13.9. The molecule has 1 aliphatic heterocycles. The minimum Gasteiger partial charge on any atom is -0.339 e. The van der Waals surface area contributed by atoms with Crippen molar-refractivity contribution < 1.29 is 0 Å². The minimum atomic E-state index is 0.247. The maximum atomic E-state index is 4.65. The summed E-state index contributed by atoms with van der Waals surface area (Å²) in [6.07, 6.45) is 17.2. The number of aromatic nitrogens is 3. The first-order chi connectivity index (χ1) is 11.8. The van der Waals surface area contributed by atoms with E-state index < -0.39 is 0 Å². The van der Waals surface area contributed by atoms with Gasteiger partial charge in [-0.1, -0.05) is 50.3 Å². The molecule has 3 nitrogen and oxygen atoms in total.